The molecule has 1 aliphatic heterocycles. The predicted octanol–water partition coefficient (Wildman–Crippen LogP) is 3.80. The smallest absolute Gasteiger partial charge is 0.238 e. The molecular weight excluding hydrogens is 344 g/mol. The molecule has 3 aromatic heterocycles. The van der Waals surface area contributed by atoms with Gasteiger partial charge in [-0.15, -0.1) is 0 Å². The van der Waals surface area contributed by atoms with Gasteiger partial charge in [0.2, 0.25) is 17.6 Å². The lowest BCUT2D eigenvalue weighted by molar-refractivity contribution is -0.135. The summed E-state index contributed by atoms with van der Waals surface area (Å²) in [6.45, 7) is 0.807. The number of aromatic nitrogens is 3. The van der Waals surface area contributed by atoms with Gasteiger partial charge in [-0.3, -0.25) is 9.78 Å². The maximum Gasteiger partial charge on any atom is 0.238 e. The highest BCUT2D eigenvalue weighted by molar-refractivity contribution is 5.76. The Hall–Kier alpha value is -2.96. The van der Waals surface area contributed by atoms with Crippen molar-refractivity contribution in [2.75, 3.05) is 6.54 Å². The summed E-state index contributed by atoms with van der Waals surface area (Å²) in [6, 6.07) is 7.68. The molecule has 0 radical (unpaired) electrons. The molecule has 1 aliphatic rings. The molecule has 1 fully saturated rings. The van der Waals surface area contributed by atoms with Crippen molar-refractivity contribution >= 4 is 5.91 Å². The van der Waals surface area contributed by atoms with Crippen LogP contribution in [0.2, 0.25) is 0 Å². The largest absolute Gasteiger partial charge is 0.461 e. The van der Waals surface area contributed by atoms with Gasteiger partial charge < -0.3 is 13.8 Å². The van der Waals surface area contributed by atoms with Gasteiger partial charge in [0, 0.05) is 31.8 Å². The number of nitrogens with zero attached hydrogens (tertiary/aromatic N) is 4. The van der Waals surface area contributed by atoms with Gasteiger partial charge in [0.25, 0.3) is 0 Å². The van der Waals surface area contributed by atoms with Gasteiger partial charge >= 0.3 is 0 Å². The number of furan rings is 1. The Morgan fingerprint density at radius 2 is 2.22 bits per heavy atom. The van der Waals surface area contributed by atoms with E-state index in [9.17, 15) is 4.79 Å². The van der Waals surface area contributed by atoms with Crippen LogP contribution in [0, 0.1) is 0 Å². The lowest BCUT2D eigenvalue weighted by Crippen LogP contribution is -2.38. The lowest BCUT2D eigenvalue weighted by atomic mass is 9.96. The quantitative estimate of drug-likeness (QED) is 0.660. The first-order valence-corrected chi connectivity index (χ1v) is 9.37. The fourth-order valence-corrected chi connectivity index (χ4v) is 3.55. The summed E-state index contributed by atoms with van der Waals surface area (Å²) >= 11 is 0. The number of aryl methyl sites for hydroxylation is 1. The van der Waals surface area contributed by atoms with Crippen LogP contribution in [-0.2, 0) is 11.2 Å². The van der Waals surface area contributed by atoms with E-state index in [0.29, 0.717) is 36.7 Å². The Morgan fingerprint density at radius 1 is 1.26 bits per heavy atom. The monoisotopic (exact) mass is 366 g/mol. The van der Waals surface area contributed by atoms with Crippen molar-refractivity contribution in [3.8, 4) is 11.6 Å². The summed E-state index contributed by atoms with van der Waals surface area (Å²) in [5.41, 5.74) is 1.12. The van der Waals surface area contributed by atoms with Gasteiger partial charge in [-0.1, -0.05) is 11.2 Å². The minimum Gasteiger partial charge on any atom is -0.461 e. The normalized spacial score (nSPS) is 17.2. The molecule has 4 rings (SSSR count). The zero-order valence-corrected chi connectivity index (χ0v) is 15.1. The van der Waals surface area contributed by atoms with E-state index in [4.69, 9.17) is 8.94 Å². The lowest BCUT2D eigenvalue weighted by Gasteiger charge is -2.36. The highest BCUT2D eigenvalue weighted by Crippen LogP contribution is 2.31. The molecule has 27 heavy (non-hydrogen) atoms. The third kappa shape index (κ3) is 4.07. The molecule has 7 heteroatoms. The molecule has 0 unspecified atom stereocenters. The minimum absolute atomic E-state index is 0.133. The van der Waals surface area contributed by atoms with Crippen LogP contribution in [0.15, 0.2) is 51.9 Å². The van der Waals surface area contributed by atoms with Crippen molar-refractivity contribution < 1.29 is 13.7 Å². The van der Waals surface area contributed by atoms with Crippen molar-refractivity contribution in [2.24, 2.45) is 0 Å². The molecule has 7 nitrogen and oxygen atoms in total. The molecule has 0 bridgehead atoms. The fraction of sp³-hybridized carbons (Fsp3) is 0.400. The van der Waals surface area contributed by atoms with Crippen LogP contribution >= 0.6 is 0 Å². The third-order valence-electron chi connectivity index (χ3n) is 4.88. The molecule has 140 valence electrons. The Bertz CT molecular complexity index is 861. The number of carbonyl (C=O) groups excluding carboxylic acids is 1. The average Bonchev–Trinajstić information content (AvgIpc) is 3.40. The Morgan fingerprint density at radius 3 is 3.04 bits per heavy atom. The summed E-state index contributed by atoms with van der Waals surface area (Å²) in [4.78, 5) is 23.3. The summed E-state index contributed by atoms with van der Waals surface area (Å²) in [6.07, 6.45) is 10.1. The summed E-state index contributed by atoms with van der Waals surface area (Å²) in [7, 11) is 0. The molecule has 0 N–H and O–H groups in total. The first-order chi connectivity index (χ1) is 13.3. The first kappa shape index (κ1) is 17.5. The van der Waals surface area contributed by atoms with Gasteiger partial charge in [0.15, 0.2) is 5.76 Å². The van der Waals surface area contributed by atoms with Crippen LogP contribution in [0.4, 0.5) is 0 Å². The number of rotatable bonds is 6. The van der Waals surface area contributed by atoms with Gasteiger partial charge in [-0.25, -0.2) is 0 Å². The molecule has 1 amide bonds. The van der Waals surface area contributed by atoms with Crippen LogP contribution in [0.25, 0.3) is 11.6 Å². The second-order valence-corrected chi connectivity index (χ2v) is 6.73. The Balaban J connectivity index is 1.33. The highest BCUT2D eigenvalue weighted by Gasteiger charge is 2.27. The van der Waals surface area contributed by atoms with Gasteiger partial charge in [0.1, 0.15) is 0 Å². The summed E-state index contributed by atoms with van der Waals surface area (Å²) in [5.74, 6) is 1.72. The number of carbonyl (C=O) groups is 1. The van der Waals surface area contributed by atoms with E-state index >= 15 is 0 Å². The summed E-state index contributed by atoms with van der Waals surface area (Å²) in [5, 5.41) is 3.92. The van der Waals surface area contributed by atoms with E-state index < -0.39 is 0 Å². The second-order valence-electron chi connectivity index (χ2n) is 6.73. The Labute approximate surface area is 157 Å². The van der Waals surface area contributed by atoms with Crippen LogP contribution in [-0.4, -0.2) is 32.5 Å². The number of amides is 1. The van der Waals surface area contributed by atoms with Crippen LogP contribution < -0.4 is 0 Å². The van der Waals surface area contributed by atoms with E-state index in [0.717, 1.165) is 31.4 Å². The molecule has 4 heterocycles. The molecule has 0 saturated carbocycles. The number of piperidine rings is 1. The van der Waals surface area contributed by atoms with Crippen molar-refractivity contribution in [2.45, 2.75) is 44.6 Å². The minimum atomic E-state index is 0.133. The maximum absolute atomic E-state index is 12.8. The molecular formula is C20H22N4O3. The topological polar surface area (TPSA) is 85.3 Å². The average molecular weight is 366 g/mol. The number of hydrogen-bond acceptors (Lipinski definition) is 6. The van der Waals surface area contributed by atoms with Gasteiger partial charge in [-0.05, 0) is 49.4 Å². The highest BCUT2D eigenvalue weighted by atomic mass is 16.5. The van der Waals surface area contributed by atoms with E-state index in [1.165, 1.54) is 0 Å². The standard InChI is InChI=1S/C20H22N4O3/c25-19(24-12-2-1-7-16(24)15-6-4-11-21-14-15)10-3-9-18-22-20(23-27-18)17-8-5-13-26-17/h4-6,8,11,13-14,16H,1-3,7,9-10,12H2/t16-/m0/s1. The molecule has 1 atom stereocenters. The summed E-state index contributed by atoms with van der Waals surface area (Å²) < 4.78 is 10.5. The number of pyridine rings is 1. The van der Waals surface area contributed by atoms with E-state index in [1.54, 1.807) is 24.6 Å². The van der Waals surface area contributed by atoms with Crippen molar-refractivity contribution in [1.29, 1.82) is 0 Å². The molecule has 3 aromatic rings. The van der Waals surface area contributed by atoms with E-state index in [1.807, 2.05) is 17.2 Å². The first-order valence-electron chi connectivity index (χ1n) is 9.37. The second kappa shape index (κ2) is 8.16. The predicted molar refractivity (Wildman–Crippen MR) is 97.5 cm³/mol. The van der Waals surface area contributed by atoms with E-state index in [2.05, 4.69) is 21.2 Å². The van der Waals surface area contributed by atoms with Crippen molar-refractivity contribution in [1.82, 2.24) is 20.0 Å². The Kier molecular flexibility index (Phi) is 5.27. The SMILES string of the molecule is O=C(CCCc1nc(-c2ccco2)no1)N1CCCC[C@H]1c1cccnc1. The number of hydrogen-bond donors (Lipinski definition) is 0. The van der Waals surface area contributed by atoms with Crippen molar-refractivity contribution in [3.05, 3.63) is 54.4 Å². The molecule has 0 aliphatic carbocycles. The number of likely N-dealkylation sites (tertiary alicyclic amines) is 1. The molecule has 1 saturated heterocycles. The van der Waals surface area contributed by atoms with Gasteiger partial charge in [0.05, 0.1) is 12.3 Å². The van der Waals surface area contributed by atoms with Crippen LogP contribution in [0.3, 0.4) is 0 Å². The zero-order valence-electron chi connectivity index (χ0n) is 15.1. The molecule has 0 spiro atoms. The van der Waals surface area contributed by atoms with Gasteiger partial charge in [-0.2, -0.15) is 4.98 Å². The fourth-order valence-electron chi connectivity index (χ4n) is 3.55. The van der Waals surface area contributed by atoms with Crippen LogP contribution in [0.1, 0.15) is 49.6 Å². The molecule has 0 aromatic carbocycles. The maximum atomic E-state index is 12.8. The zero-order chi connectivity index (χ0) is 18.5. The van der Waals surface area contributed by atoms with Crippen LogP contribution in [0.5, 0.6) is 0 Å². The van der Waals surface area contributed by atoms with Crippen molar-refractivity contribution in [3.63, 3.8) is 0 Å². The third-order valence-corrected chi connectivity index (χ3v) is 4.88. The van der Waals surface area contributed by atoms with E-state index in [-0.39, 0.29) is 11.9 Å².